The van der Waals surface area contributed by atoms with Crippen molar-refractivity contribution in [3.63, 3.8) is 0 Å². The molecule has 0 fully saturated rings. The van der Waals surface area contributed by atoms with Gasteiger partial charge in [0.1, 0.15) is 12.6 Å². The quantitative estimate of drug-likeness (QED) is 0.513. The van der Waals surface area contributed by atoms with Crippen LogP contribution in [0.3, 0.4) is 0 Å². The third-order valence-corrected chi connectivity index (χ3v) is 5.98. The van der Waals surface area contributed by atoms with Gasteiger partial charge in [-0.1, -0.05) is 51.3 Å². The smallest absolute Gasteiger partial charge is 0.255 e. The van der Waals surface area contributed by atoms with Crippen LogP contribution in [0.4, 0.5) is 5.69 Å². The molecule has 8 nitrogen and oxygen atoms in total. The minimum atomic E-state index is -0.656. The summed E-state index contributed by atoms with van der Waals surface area (Å²) in [5.41, 5.74) is 1.25. The first-order valence-electron chi connectivity index (χ1n) is 9.79. The molecule has 0 aliphatic carbocycles. The van der Waals surface area contributed by atoms with Crippen molar-refractivity contribution in [2.24, 2.45) is 10.1 Å². The zero-order valence-corrected chi connectivity index (χ0v) is 20.3. The molecule has 0 saturated heterocycles. The summed E-state index contributed by atoms with van der Waals surface area (Å²) >= 11 is 16.1. The molecule has 0 spiro atoms. The van der Waals surface area contributed by atoms with Crippen molar-refractivity contribution in [1.82, 2.24) is 0 Å². The van der Waals surface area contributed by atoms with E-state index in [0.29, 0.717) is 12.0 Å². The number of Topliss-reactive ketones (excluding diaryl/α,β-unsaturated/α-hetero) is 2. The van der Waals surface area contributed by atoms with Crippen molar-refractivity contribution >= 4 is 73.9 Å². The zero-order valence-electron chi connectivity index (χ0n) is 17.2. The number of benzene rings is 2. The Kier molecular flexibility index (Phi) is 6.93. The number of hydrazone groups is 1. The third-order valence-electron chi connectivity index (χ3n) is 4.89. The summed E-state index contributed by atoms with van der Waals surface area (Å²) in [4.78, 5) is 40.4. The Labute approximate surface area is 212 Å². The number of anilines is 1. The van der Waals surface area contributed by atoms with Crippen LogP contribution in [0, 0.1) is 11.3 Å². The van der Waals surface area contributed by atoms with Gasteiger partial charge in [0.2, 0.25) is 17.4 Å². The molecule has 4 rings (SSSR count). The van der Waals surface area contributed by atoms with E-state index in [1.807, 2.05) is 24.3 Å². The molecule has 1 amide bonds. The Morgan fingerprint density at radius 1 is 1.09 bits per heavy atom. The lowest BCUT2D eigenvalue weighted by Crippen LogP contribution is -2.36. The first-order valence-corrected chi connectivity index (χ1v) is 11.3. The minimum Gasteiger partial charge on any atom is -0.436 e. The topological polar surface area (TPSA) is 112 Å². The van der Waals surface area contributed by atoms with Gasteiger partial charge < -0.3 is 4.74 Å². The normalized spacial score (nSPS) is 16.0. The number of hydrogen-bond donors (Lipinski definition) is 0. The van der Waals surface area contributed by atoms with Gasteiger partial charge in [-0.3, -0.25) is 14.4 Å². The van der Waals surface area contributed by atoms with E-state index in [1.165, 1.54) is 18.2 Å². The molecule has 0 aromatic heterocycles. The van der Waals surface area contributed by atoms with Gasteiger partial charge in [-0.05, 0) is 29.8 Å². The van der Waals surface area contributed by atoms with Crippen LogP contribution < -0.4 is 9.75 Å². The summed E-state index contributed by atoms with van der Waals surface area (Å²) in [6.07, 6.45) is 1.46. The van der Waals surface area contributed by atoms with Gasteiger partial charge in [-0.15, -0.1) is 0 Å². The molecule has 0 radical (unpaired) electrons. The van der Waals surface area contributed by atoms with Gasteiger partial charge in [-0.2, -0.15) is 15.4 Å². The third kappa shape index (κ3) is 5.09. The number of nitriles is 1. The van der Waals surface area contributed by atoms with E-state index in [4.69, 9.17) is 33.2 Å². The van der Waals surface area contributed by atoms with Crippen LogP contribution in [0.25, 0.3) is 0 Å². The molecule has 11 heteroatoms. The van der Waals surface area contributed by atoms with Crippen LogP contribution in [0.1, 0.15) is 12.0 Å². The summed E-state index contributed by atoms with van der Waals surface area (Å²) in [5, 5.41) is 13.8. The molecule has 0 unspecified atom stereocenters. The second-order valence-corrected chi connectivity index (χ2v) is 8.99. The number of aliphatic imine (C=N–C) groups is 1. The lowest BCUT2D eigenvalue weighted by atomic mass is 10.00. The van der Waals surface area contributed by atoms with E-state index in [9.17, 15) is 14.4 Å². The van der Waals surface area contributed by atoms with Crippen LogP contribution in [-0.4, -0.2) is 35.6 Å². The molecule has 2 heterocycles. The average molecular weight is 560 g/mol. The van der Waals surface area contributed by atoms with Crippen molar-refractivity contribution < 1.29 is 19.1 Å². The van der Waals surface area contributed by atoms with Crippen molar-refractivity contribution in [3.05, 3.63) is 68.1 Å². The predicted octanol–water partition coefficient (Wildman–Crippen LogP) is 4.47. The SMILES string of the molecule is N#CC1=NN(c2cc(Cl)c(OC3=NCC(=O)C(Cc4ccc(Br)cc4)=C3)c(Cl)c2)C(=O)CC1=O. The minimum absolute atomic E-state index is 0.0448. The van der Waals surface area contributed by atoms with E-state index in [-0.39, 0.29) is 39.7 Å². The number of dihydropyridines is 1. The van der Waals surface area contributed by atoms with Crippen LogP contribution in [0.2, 0.25) is 10.0 Å². The van der Waals surface area contributed by atoms with Crippen molar-refractivity contribution in [2.75, 3.05) is 11.6 Å². The fraction of sp³-hybridized carbons (Fsp3) is 0.130. The van der Waals surface area contributed by atoms with E-state index in [0.717, 1.165) is 15.0 Å². The van der Waals surface area contributed by atoms with Gasteiger partial charge in [0.05, 0.1) is 22.2 Å². The number of hydrogen-bond acceptors (Lipinski definition) is 7. The van der Waals surface area contributed by atoms with E-state index < -0.39 is 23.8 Å². The number of halogens is 3. The summed E-state index contributed by atoms with van der Waals surface area (Å²) in [5.74, 6) is -1.17. The highest BCUT2D eigenvalue weighted by molar-refractivity contribution is 9.10. The monoisotopic (exact) mass is 558 g/mol. The van der Waals surface area contributed by atoms with Gasteiger partial charge >= 0.3 is 0 Å². The van der Waals surface area contributed by atoms with Crippen LogP contribution in [0.5, 0.6) is 5.75 Å². The number of ether oxygens (including phenoxy) is 1. The van der Waals surface area contributed by atoms with Crippen molar-refractivity contribution in [1.29, 1.82) is 5.26 Å². The Bertz CT molecular complexity index is 1340. The Morgan fingerprint density at radius 3 is 2.41 bits per heavy atom. The maximum absolute atomic E-state index is 12.3. The molecule has 0 saturated carbocycles. The standard InChI is InChI=1S/C23H13BrCl2N4O4/c24-14-3-1-12(2-4-14)5-13-6-21(28-11-20(13)32)34-23-16(25)7-15(8-17(23)26)30-22(33)9-19(31)18(10-27)29-30/h1-4,6-8H,5,9,11H2. The van der Waals surface area contributed by atoms with E-state index in [1.54, 1.807) is 6.07 Å². The summed E-state index contributed by atoms with van der Waals surface area (Å²) in [6, 6.07) is 12.0. The number of ketones is 2. The highest BCUT2D eigenvalue weighted by atomic mass is 79.9. The molecule has 2 aliphatic heterocycles. The number of rotatable bonds is 4. The fourth-order valence-corrected chi connectivity index (χ4v) is 4.04. The maximum atomic E-state index is 12.3. The lowest BCUT2D eigenvalue weighted by molar-refractivity contribution is -0.124. The molecule has 0 atom stereocenters. The molecular weight excluding hydrogens is 547 g/mol. The highest BCUT2D eigenvalue weighted by Gasteiger charge is 2.29. The lowest BCUT2D eigenvalue weighted by Gasteiger charge is -2.22. The van der Waals surface area contributed by atoms with Gasteiger partial charge in [0.15, 0.2) is 11.5 Å². The summed E-state index contributed by atoms with van der Waals surface area (Å²) in [6.45, 7) is -0.0764. The molecule has 0 bridgehead atoms. The number of carbonyl (C=O) groups excluding carboxylic acids is 3. The van der Waals surface area contributed by atoms with Crippen LogP contribution >= 0.6 is 39.1 Å². The largest absolute Gasteiger partial charge is 0.436 e. The molecule has 170 valence electrons. The Morgan fingerprint density at radius 2 is 1.76 bits per heavy atom. The number of carbonyl (C=O) groups is 3. The second kappa shape index (κ2) is 9.89. The molecule has 2 aliphatic rings. The van der Waals surface area contributed by atoms with Crippen molar-refractivity contribution in [3.8, 4) is 11.8 Å². The van der Waals surface area contributed by atoms with Gasteiger partial charge in [0, 0.05) is 22.5 Å². The molecular formula is C23H13BrCl2N4O4. The highest BCUT2D eigenvalue weighted by Crippen LogP contribution is 2.38. The van der Waals surface area contributed by atoms with E-state index >= 15 is 0 Å². The second-order valence-electron chi connectivity index (χ2n) is 7.26. The van der Waals surface area contributed by atoms with E-state index in [2.05, 4.69) is 26.0 Å². The first kappa shape index (κ1) is 23.8. The van der Waals surface area contributed by atoms with Gasteiger partial charge in [-0.25, -0.2) is 4.99 Å². The molecule has 2 aromatic carbocycles. The predicted molar refractivity (Wildman–Crippen MR) is 130 cm³/mol. The summed E-state index contributed by atoms with van der Waals surface area (Å²) in [7, 11) is 0. The number of amides is 1. The van der Waals surface area contributed by atoms with Crippen molar-refractivity contribution in [2.45, 2.75) is 12.8 Å². The van der Waals surface area contributed by atoms with Crippen LogP contribution in [-0.2, 0) is 20.8 Å². The zero-order chi connectivity index (χ0) is 24.4. The molecule has 34 heavy (non-hydrogen) atoms. The maximum Gasteiger partial charge on any atom is 0.255 e. The number of nitrogens with zero attached hydrogens (tertiary/aromatic N) is 4. The van der Waals surface area contributed by atoms with Gasteiger partial charge in [0.25, 0.3) is 5.91 Å². The van der Waals surface area contributed by atoms with Crippen LogP contribution in [0.15, 0.2) is 62.6 Å². The Hall–Kier alpha value is -3.32. The molecule has 2 aromatic rings. The average Bonchev–Trinajstić information content (AvgIpc) is 2.80. The molecule has 0 N–H and O–H groups in total. The summed E-state index contributed by atoms with van der Waals surface area (Å²) < 4.78 is 6.72. The Balaban J connectivity index is 1.58. The fourth-order valence-electron chi connectivity index (χ4n) is 3.22. The first-order chi connectivity index (χ1) is 16.2.